The molecule has 0 fully saturated rings. The first-order valence-electron chi connectivity index (χ1n) is 5.59. The van der Waals surface area contributed by atoms with Crippen LogP contribution in [0.1, 0.15) is 10.4 Å². The molecule has 0 radical (unpaired) electrons. The summed E-state index contributed by atoms with van der Waals surface area (Å²) in [5, 5.41) is 11.1. The van der Waals surface area contributed by atoms with Gasteiger partial charge in [0.2, 0.25) is 0 Å². The Morgan fingerprint density at radius 2 is 1.83 bits per heavy atom. The van der Waals surface area contributed by atoms with Crippen molar-refractivity contribution >= 4 is 16.7 Å². The second kappa shape index (κ2) is 5.51. The fourth-order valence-electron chi connectivity index (χ4n) is 1.66. The van der Waals surface area contributed by atoms with E-state index in [1.165, 1.54) is 0 Å². The van der Waals surface area contributed by atoms with Gasteiger partial charge < -0.3 is 14.6 Å². The minimum atomic E-state index is -0.373. The van der Waals surface area contributed by atoms with Crippen LogP contribution >= 0.6 is 0 Å². The third-order valence-corrected chi connectivity index (χ3v) is 2.58. The van der Waals surface area contributed by atoms with Crippen molar-refractivity contribution in [3.8, 4) is 5.75 Å². The highest BCUT2D eigenvalue weighted by atomic mass is 16.6. The Morgan fingerprint density at radius 3 is 2.61 bits per heavy atom. The lowest BCUT2D eigenvalue weighted by atomic mass is 10.1. The maximum absolute atomic E-state index is 11.7. The Morgan fingerprint density at radius 1 is 1.11 bits per heavy atom. The molecule has 0 amide bonds. The molecule has 0 aromatic heterocycles. The SMILES string of the molecule is COCCOC(=O)c1ccc2cc(O)ccc2c1. The number of rotatable bonds is 4. The van der Waals surface area contributed by atoms with Gasteiger partial charge in [-0.1, -0.05) is 12.1 Å². The second-order valence-corrected chi connectivity index (χ2v) is 3.87. The first-order valence-corrected chi connectivity index (χ1v) is 5.59. The van der Waals surface area contributed by atoms with Crippen LogP contribution in [0.3, 0.4) is 0 Å². The van der Waals surface area contributed by atoms with Crippen molar-refractivity contribution in [1.29, 1.82) is 0 Å². The summed E-state index contributed by atoms with van der Waals surface area (Å²) in [6.07, 6.45) is 0. The summed E-state index contributed by atoms with van der Waals surface area (Å²) in [4.78, 5) is 11.7. The Hall–Kier alpha value is -2.07. The average Bonchev–Trinajstić information content (AvgIpc) is 2.38. The average molecular weight is 246 g/mol. The number of hydrogen-bond donors (Lipinski definition) is 1. The van der Waals surface area contributed by atoms with Crippen molar-refractivity contribution in [3.63, 3.8) is 0 Å². The fraction of sp³-hybridized carbons (Fsp3) is 0.214. The van der Waals surface area contributed by atoms with Crippen LogP contribution in [0, 0.1) is 0 Å². The predicted octanol–water partition coefficient (Wildman–Crippen LogP) is 2.35. The minimum Gasteiger partial charge on any atom is -0.508 e. The topological polar surface area (TPSA) is 55.8 Å². The fourth-order valence-corrected chi connectivity index (χ4v) is 1.66. The largest absolute Gasteiger partial charge is 0.508 e. The summed E-state index contributed by atoms with van der Waals surface area (Å²) in [5.41, 5.74) is 0.490. The number of ether oxygens (including phenoxy) is 2. The van der Waals surface area contributed by atoms with E-state index in [1.807, 2.05) is 0 Å². The van der Waals surface area contributed by atoms with Gasteiger partial charge in [0.1, 0.15) is 12.4 Å². The van der Waals surface area contributed by atoms with E-state index in [0.29, 0.717) is 12.2 Å². The van der Waals surface area contributed by atoms with Crippen LogP contribution in [0.4, 0.5) is 0 Å². The van der Waals surface area contributed by atoms with Crippen LogP contribution in [0.25, 0.3) is 10.8 Å². The Labute approximate surface area is 105 Å². The zero-order valence-electron chi connectivity index (χ0n) is 10.1. The van der Waals surface area contributed by atoms with E-state index in [2.05, 4.69) is 0 Å². The molecule has 94 valence electrons. The molecule has 0 saturated carbocycles. The summed E-state index contributed by atoms with van der Waals surface area (Å²) >= 11 is 0. The highest BCUT2D eigenvalue weighted by molar-refractivity contribution is 5.95. The number of phenols is 1. The van der Waals surface area contributed by atoms with E-state index in [4.69, 9.17) is 9.47 Å². The normalized spacial score (nSPS) is 10.5. The second-order valence-electron chi connectivity index (χ2n) is 3.87. The highest BCUT2D eigenvalue weighted by Crippen LogP contribution is 2.21. The monoisotopic (exact) mass is 246 g/mol. The molecule has 18 heavy (non-hydrogen) atoms. The summed E-state index contributed by atoms with van der Waals surface area (Å²) in [6.45, 7) is 0.621. The van der Waals surface area contributed by atoms with Gasteiger partial charge in [-0.15, -0.1) is 0 Å². The van der Waals surface area contributed by atoms with Crippen LogP contribution < -0.4 is 0 Å². The predicted molar refractivity (Wildman–Crippen MR) is 67.8 cm³/mol. The van der Waals surface area contributed by atoms with E-state index in [1.54, 1.807) is 43.5 Å². The molecule has 0 heterocycles. The molecule has 4 nitrogen and oxygen atoms in total. The van der Waals surface area contributed by atoms with Crippen molar-refractivity contribution in [1.82, 2.24) is 0 Å². The van der Waals surface area contributed by atoms with Crippen molar-refractivity contribution in [2.75, 3.05) is 20.3 Å². The number of carbonyl (C=O) groups is 1. The van der Waals surface area contributed by atoms with Crippen molar-refractivity contribution in [2.45, 2.75) is 0 Å². The first kappa shape index (κ1) is 12.4. The number of fused-ring (bicyclic) bond motifs is 1. The molecule has 0 saturated heterocycles. The zero-order valence-corrected chi connectivity index (χ0v) is 10.1. The molecule has 0 bridgehead atoms. The summed E-state index contributed by atoms with van der Waals surface area (Å²) < 4.78 is 9.83. The maximum Gasteiger partial charge on any atom is 0.338 e. The quantitative estimate of drug-likeness (QED) is 0.664. The van der Waals surface area contributed by atoms with Crippen LogP contribution in [0.15, 0.2) is 36.4 Å². The number of esters is 1. The molecule has 0 atom stereocenters. The Bertz CT molecular complexity index is 563. The third-order valence-electron chi connectivity index (χ3n) is 2.58. The van der Waals surface area contributed by atoms with E-state index in [0.717, 1.165) is 10.8 Å². The molecule has 4 heteroatoms. The van der Waals surface area contributed by atoms with Gasteiger partial charge in [0, 0.05) is 7.11 Å². The standard InChI is InChI=1S/C14H14O4/c1-17-6-7-18-14(16)12-3-2-11-9-13(15)5-4-10(11)8-12/h2-5,8-9,15H,6-7H2,1H3. The molecule has 0 aliphatic heterocycles. The summed E-state index contributed by atoms with van der Waals surface area (Å²) in [6, 6.07) is 10.2. The van der Waals surface area contributed by atoms with Gasteiger partial charge in [0.25, 0.3) is 0 Å². The van der Waals surface area contributed by atoms with Gasteiger partial charge in [0.15, 0.2) is 0 Å². The number of benzene rings is 2. The number of aromatic hydroxyl groups is 1. The molecule has 0 aliphatic carbocycles. The molecular weight excluding hydrogens is 232 g/mol. The third kappa shape index (κ3) is 2.78. The number of carbonyl (C=O) groups excluding carboxylic acids is 1. The van der Waals surface area contributed by atoms with Crippen LogP contribution in [-0.2, 0) is 9.47 Å². The summed E-state index contributed by atoms with van der Waals surface area (Å²) in [5.74, 6) is -0.167. The number of hydrogen-bond acceptors (Lipinski definition) is 4. The van der Waals surface area contributed by atoms with Crippen molar-refractivity contribution < 1.29 is 19.4 Å². The number of methoxy groups -OCH3 is 1. The van der Waals surface area contributed by atoms with Gasteiger partial charge >= 0.3 is 5.97 Å². The Balaban J connectivity index is 2.19. The molecule has 2 aromatic rings. The first-order chi connectivity index (χ1) is 8.70. The number of phenolic OH excluding ortho intramolecular Hbond substituents is 1. The molecular formula is C14H14O4. The van der Waals surface area contributed by atoms with E-state index >= 15 is 0 Å². The molecule has 0 spiro atoms. The molecule has 2 aromatic carbocycles. The molecule has 0 aliphatic rings. The van der Waals surface area contributed by atoms with E-state index in [9.17, 15) is 9.90 Å². The van der Waals surface area contributed by atoms with Gasteiger partial charge in [-0.2, -0.15) is 0 Å². The van der Waals surface area contributed by atoms with Crippen molar-refractivity contribution in [3.05, 3.63) is 42.0 Å². The van der Waals surface area contributed by atoms with Crippen LogP contribution in [-0.4, -0.2) is 31.4 Å². The van der Waals surface area contributed by atoms with Crippen molar-refractivity contribution in [2.24, 2.45) is 0 Å². The van der Waals surface area contributed by atoms with Gasteiger partial charge in [0.05, 0.1) is 12.2 Å². The smallest absolute Gasteiger partial charge is 0.338 e. The highest BCUT2D eigenvalue weighted by Gasteiger charge is 2.07. The lowest BCUT2D eigenvalue weighted by Gasteiger charge is -2.05. The maximum atomic E-state index is 11.7. The Kier molecular flexibility index (Phi) is 3.79. The zero-order chi connectivity index (χ0) is 13.0. The molecule has 1 N–H and O–H groups in total. The molecule has 2 rings (SSSR count). The van der Waals surface area contributed by atoms with Gasteiger partial charge in [-0.05, 0) is 35.0 Å². The van der Waals surface area contributed by atoms with E-state index in [-0.39, 0.29) is 18.3 Å². The minimum absolute atomic E-state index is 0.206. The molecule has 0 unspecified atom stereocenters. The van der Waals surface area contributed by atoms with Gasteiger partial charge in [-0.25, -0.2) is 4.79 Å². The van der Waals surface area contributed by atoms with Crippen LogP contribution in [0.2, 0.25) is 0 Å². The summed E-state index contributed by atoms with van der Waals surface area (Å²) in [7, 11) is 1.55. The van der Waals surface area contributed by atoms with E-state index < -0.39 is 0 Å². The lowest BCUT2D eigenvalue weighted by molar-refractivity contribution is 0.0388. The van der Waals surface area contributed by atoms with Crippen LogP contribution in [0.5, 0.6) is 5.75 Å². The van der Waals surface area contributed by atoms with Gasteiger partial charge in [-0.3, -0.25) is 0 Å². The lowest BCUT2D eigenvalue weighted by Crippen LogP contribution is -2.09.